The maximum absolute atomic E-state index is 11.8. The van der Waals surface area contributed by atoms with Crippen LogP contribution < -0.4 is 0 Å². The second-order valence-electron chi connectivity index (χ2n) is 3.90. The SMILES string of the molecule is CCOC(=O)/C=C(\SCc1ccc(Cl)cc1)C(=O)OCC. The van der Waals surface area contributed by atoms with Crippen molar-refractivity contribution >= 4 is 35.3 Å². The Labute approximate surface area is 133 Å². The van der Waals surface area contributed by atoms with Crippen LogP contribution in [0.25, 0.3) is 0 Å². The first-order valence-electron chi connectivity index (χ1n) is 6.49. The number of benzene rings is 1. The molecule has 0 amide bonds. The molecule has 4 nitrogen and oxygen atoms in total. The molecule has 0 fully saturated rings. The summed E-state index contributed by atoms with van der Waals surface area (Å²) in [5.74, 6) is -0.546. The Morgan fingerprint density at radius 3 is 2.33 bits per heavy atom. The molecule has 6 heteroatoms. The van der Waals surface area contributed by atoms with Crippen LogP contribution in [0.1, 0.15) is 19.4 Å². The van der Waals surface area contributed by atoms with Crippen molar-refractivity contribution < 1.29 is 19.1 Å². The van der Waals surface area contributed by atoms with Crippen molar-refractivity contribution in [2.45, 2.75) is 19.6 Å². The van der Waals surface area contributed by atoms with Crippen molar-refractivity contribution in [3.63, 3.8) is 0 Å². The van der Waals surface area contributed by atoms with E-state index in [-0.39, 0.29) is 18.1 Å². The Kier molecular flexibility index (Phi) is 7.93. The number of hydrogen-bond donors (Lipinski definition) is 0. The van der Waals surface area contributed by atoms with Gasteiger partial charge in [0.25, 0.3) is 0 Å². The number of thioether (sulfide) groups is 1. The van der Waals surface area contributed by atoms with Gasteiger partial charge in [-0.2, -0.15) is 0 Å². The summed E-state index contributed by atoms with van der Waals surface area (Å²) in [4.78, 5) is 23.5. The van der Waals surface area contributed by atoms with E-state index in [9.17, 15) is 9.59 Å². The first-order valence-corrected chi connectivity index (χ1v) is 7.86. The molecule has 0 saturated carbocycles. The van der Waals surface area contributed by atoms with E-state index in [1.807, 2.05) is 12.1 Å². The normalized spacial score (nSPS) is 11.1. The zero-order valence-electron chi connectivity index (χ0n) is 11.9. The van der Waals surface area contributed by atoms with Crippen LogP contribution in [0.4, 0.5) is 0 Å². The number of carbonyl (C=O) groups excluding carboxylic acids is 2. The molecule has 0 spiro atoms. The molecule has 0 atom stereocenters. The van der Waals surface area contributed by atoms with E-state index in [0.29, 0.717) is 10.8 Å². The summed E-state index contributed by atoms with van der Waals surface area (Å²) in [5.41, 5.74) is 0.989. The standard InChI is InChI=1S/C15H17ClO4S/c1-3-19-14(17)9-13(15(18)20-4-2)21-10-11-5-7-12(16)8-6-11/h5-9H,3-4,10H2,1-2H3/b13-9-. The van der Waals surface area contributed by atoms with E-state index in [1.165, 1.54) is 17.8 Å². The average molecular weight is 329 g/mol. The summed E-state index contributed by atoms with van der Waals surface area (Å²) < 4.78 is 9.75. The van der Waals surface area contributed by atoms with Crippen molar-refractivity contribution in [1.82, 2.24) is 0 Å². The van der Waals surface area contributed by atoms with E-state index in [2.05, 4.69) is 0 Å². The number of ether oxygens (including phenoxy) is 2. The Bertz CT molecular complexity index is 511. The largest absolute Gasteiger partial charge is 0.463 e. The lowest BCUT2D eigenvalue weighted by molar-refractivity contribution is -0.140. The molecule has 0 bridgehead atoms. The third-order valence-corrected chi connectivity index (χ3v) is 3.64. The molecule has 0 unspecified atom stereocenters. The number of esters is 2. The Balaban J connectivity index is 2.74. The Hall–Kier alpha value is -1.46. The Morgan fingerprint density at radius 1 is 1.14 bits per heavy atom. The number of halogens is 1. The minimum atomic E-state index is -0.552. The van der Waals surface area contributed by atoms with Gasteiger partial charge in [-0.15, -0.1) is 11.8 Å². The molecule has 1 rings (SSSR count). The van der Waals surface area contributed by atoms with Gasteiger partial charge >= 0.3 is 11.9 Å². The zero-order valence-corrected chi connectivity index (χ0v) is 13.5. The van der Waals surface area contributed by atoms with Gasteiger partial charge < -0.3 is 9.47 Å². The van der Waals surface area contributed by atoms with Crippen molar-refractivity contribution in [2.24, 2.45) is 0 Å². The molecular formula is C15H17ClO4S. The predicted octanol–water partition coefficient (Wildman–Crippen LogP) is 3.58. The van der Waals surface area contributed by atoms with Crippen molar-refractivity contribution in [2.75, 3.05) is 13.2 Å². The molecule has 0 aliphatic heterocycles. The van der Waals surface area contributed by atoms with Crippen molar-refractivity contribution in [3.05, 3.63) is 45.8 Å². The van der Waals surface area contributed by atoms with Crippen LogP contribution in [0.3, 0.4) is 0 Å². The molecule has 0 aromatic heterocycles. The van der Waals surface area contributed by atoms with Gasteiger partial charge in [0.1, 0.15) is 4.91 Å². The van der Waals surface area contributed by atoms with Crippen molar-refractivity contribution in [1.29, 1.82) is 0 Å². The third-order valence-electron chi connectivity index (χ3n) is 2.32. The highest BCUT2D eigenvalue weighted by atomic mass is 35.5. The molecule has 0 aliphatic rings. The van der Waals surface area contributed by atoms with Crippen LogP contribution in [0, 0.1) is 0 Å². The fraction of sp³-hybridized carbons (Fsp3) is 0.333. The average Bonchev–Trinajstić information content (AvgIpc) is 2.45. The van der Waals surface area contributed by atoms with Gasteiger partial charge in [-0.1, -0.05) is 23.7 Å². The summed E-state index contributed by atoms with van der Waals surface area (Å²) in [7, 11) is 0. The highest BCUT2D eigenvalue weighted by Gasteiger charge is 2.14. The molecule has 0 radical (unpaired) electrons. The number of hydrogen-bond acceptors (Lipinski definition) is 5. The first kappa shape index (κ1) is 17.6. The summed E-state index contributed by atoms with van der Waals surface area (Å²) >= 11 is 7.04. The van der Waals surface area contributed by atoms with E-state index >= 15 is 0 Å². The highest BCUT2D eigenvalue weighted by molar-refractivity contribution is 8.03. The van der Waals surface area contributed by atoms with Gasteiger partial charge in [0, 0.05) is 16.9 Å². The maximum Gasteiger partial charge on any atom is 0.344 e. The van der Waals surface area contributed by atoms with Gasteiger partial charge in [0.2, 0.25) is 0 Å². The maximum atomic E-state index is 11.8. The molecule has 0 saturated heterocycles. The lowest BCUT2D eigenvalue weighted by Crippen LogP contribution is -2.09. The summed E-state index contributed by atoms with van der Waals surface area (Å²) in [6.45, 7) is 3.92. The van der Waals surface area contributed by atoms with Gasteiger partial charge in [-0.25, -0.2) is 9.59 Å². The molecule has 1 aromatic rings. The molecule has 0 heterocycles. The molecule has 114 valence electrons. The van der Waals surface area contributed by atoms with Gasteiger partial charge in [-0.3, -0.25) is 0 Å². The third kappa shape index (κ3) is 6.69. The summed E-state index contributed by atoms with van der Waals surface area (Å²) in [5, 5.41) is 0.649. The van der Waals surface area contributed by atoms with E-state index < -0.39 is 11.9 Å². The van der Waals surface area contributed by atoms with Crippen LogP contribution >= 0.6 is 23.4 Å². The number of rotatable bonds is 7. The molecule has 0 N–H and O–H groups in total. The minimum Gasteiger partial charge on any atom is -0.463 e. The molecular weight excluding hydrogens is 312 g/mol. The number of carbonyl (C=O) groups is 2. The zero-order chi connectivity index (χ0) is 15.7. The lowest BCUT2D eigenvalue weighted by atomic mass is 10.2. The minimum absolute atomic E-state index is 0.227. The fourth-order valence-corrected chi connectivity index (χ4v) is 2.39. The second kappa shape index (κ2) is 9.47. The van der Waals surface area contributed by atoms with Crippen LogP contribution in [-0.4, -0.2) is 25.2 Å². The molecule has 21 heavy (non-hydrogen) atoms. The van der Waals surface area contributed by atoms with Gasteiger partial charge in [0.15, 0.2) is 0 Å². The van der Waals surface area contributed by atoms with Crippen LogP contribution in [0.2, 0.25) is 5.02 Å². The quantitative estimate of drug-likeness (QED) is 0.565. The van der Waals surface area contributed by atoms with Crippen molar-refractivity contribution in [3.8, 4) is 0 Å². The Morgan fingerprint density at radius 2 is 1.76 bits per heavy atom. The van der Waals surface area contributed by atoms with Crippen LogP contribution in [0.15, 0.2) is 35.2 Å². The predicted molar refractivity (Wildman–Crippen MR) is 84.1 cm³/mol. The van der Waals surface area contributed by atoms with Crippen LogP contribution in [-0.2, 0) is 24.8 Å². The molecule has 1 aromatic carbocycles. The summed E-state index contributed by atoms with van der Waals surface area (Å²) in [6.07, 6.45) is 1.17. The summed E-state index contributed by atoms with van der Waals surface area (Å²) in [6, 6.07) is 7.28. The van der Waals surface area contributed by atoms with E-state index in [1.54, 1.807) is 26.0 Å². The smallest absolute Gasteiger partial charge is 0.344 e. The highest BCUT2D eigenvalue weighted by Crippen LogP contribution is 2.23. The fourth-order valence-electron chi connectivity index (χ4n) is 1.39. The van der Waals surface area contributed by atoms with Crippen LogP contribution in [0.5, 0.6) is 0 Å². The topological polar surface area (TPSA) is 52.6 Å². The van der Waals surface area contributed by atoms with E-state index in [0.717, 1.165) is 5.56 Å². The van der Waals surface area contributed by atoms with E-state index in [4.69, 9.17) is 21.1 Å². The second-order valence-corrected chi connectivity index (χ2v) is 5.35. The van der Waals surface area contributed by atoms with Gasteiger partial charge in [-0.05, 0) is 31.5 Å². The molecule has 0 aliphatic carbocycles. The van der Waals surface area contributed by atoms with Gasteiger partial charge in [0.05, 0.1) is 13.2 Å². The lowest BCUT2D eigenvalue weighted by Gasteiger charge is -2.07. The first-order chi connectivity index (χ1) is 10.1. The monoisotopic (exact) mass is 328 g/mol.